The molecule has 0 bridgehead atoms. The van der Waals surface area contributed by atoms with Crippen LogP contribution in [0.25, 0.3) is 16.7 Å². The van der Waals surface area contributed by atoms with E-state index in [1.165, 1.54) is 22.3 Å². The molecule has 31 heavy (non-hydrogen) atoms. The summed E-state index contributed by atoms with van der Waals surface area (Å²) < 4.78 is 18.6. The maximum absolute atomic E-state index is 6.30. The molecule has 6 rings (SSSR count). The molecule has 0 spiro atoms. The predicted molar refractivity (Wildman–Crippen MR) is 123 cm³/mol. The Hall–Kier alpha value is -2.20. The second-order valence-corrected chi connectivity index (χ2v) is 10.3. The van der Waals surface area contributed by atoms with E-state index in [1.807, 2.05) is 0 Å². The van der Waals surface area contributed by atoms with Crippen molar-refractivity contribution < 1.29 is 14.2 Å². The maximum Gasteiger partial charge on any atom is 0.108 e. The molecule has 4 aliphatic rings. The third kappa shape index (κ3) is 2.98. The van der Waals surface area contributed by atoms with Crippen LogP contribution in [0.2, 0.25) is 0 Å². The third-order valence-electron chi connectivity index (χ3n) is 7.69. The molecule has 1 aliphatic carbocycles. The highest BCUT2D eigenvalue weighted by Gasteiger charge is 2.68. The molecular weight excluding hydrogens is 384 g/mol. The normalized spacial score (nSPS) is 36.1. The van der Waals surface area contributed by atoms with E-state index in [4.69, 9.17) is 14.2 Å². The van der Waals surface area contributed by atoms with Crippen molar-refractivity contribution in [2.75, 3.05) is 13.2 Å². The zero-order valence-corrected chi connectivity index (χ0v) is 18.5. The quantitative estimate of drug-likeness (QED) is 0.607. The van der Waals surface area contributed by atoms with E-state index < -0.39 is 0 Å². The van der Waals surface area contributed by atoms with Crippen LogP contribution in [0.3, 0.4) is 0 Å². The van der Waals surface area contributed by atoms with Crippen LogP contribution < -0.4 is 0 Å². The summed E-state index contributed by atoms with van der Waals surface area (Å²) in [4.78, 5) is 0. The van der Waals surface area contributed by atoms with Crippen molar-refractivity contribution in [2.45, 2.75) is 45.2 Å². The molecule has 3 nitrogen and oxygen atoms in total. The summed E-state index contributed by atoms with van der Waals surface area (Å²) in [5, 5.41) is 0. The zero-order valence-electron chi connectivity index (χ0n) is 18.5. The van der Waals surface area contributed by atoms with Crippen LogP contribution in [0.15, 0.2) is 72.8 Å². The number of benzene rings is 2. The van der Waals surface area contributed by atoms with Gasteiger partial charge in [0.1, 0.15) is 12.2 Å². The standard InChI is InChI=1S/C28H30O3/c1-27(2,3)28-15-9-14-21(20-13-8-7-12-19(20)18-10-5-4-6-11-18)24(28)25-22(30-25)16-29-17-23-26(28)31-23/h4-15,22-26H,16-17H2,1-3H3. The minimum absolute atomic E-state index is 0.00955. The minimum atomic E-state index is -0.140. The van der Waals surface area contributed by atoms with Gasteiger partial charge < -0.3 is 14.2 Å². The number of ether oxygens (including phenoxy) is 3. The summed E-state index contributed by atoms with van der Waals surface area (Å²) in [6.07, 6.45) is 7.64. The Morgan fingerprint density at radius 1 is 0.839 bits per heavy atom. The fraction of sp³-hybridized carbons (Fsp3) is 0.429. The molecule has 3 heteroatoms. The van der Waals surface area contributed by atoms with Gasteiger partial charge in [-0.25, -0.2) is 0 Å². The minimum Gasteiger partial charge on any atom is -0.376 e. The Labute approximate surface area is 184 Å². The molecule has 3 fully saturated rings. The first-order chi connectivity index (χ1) is 15.0. The Balaban J connectivity index is 1.53. The predicted octanol–water partition coefficient (Wildman–Crippen LogP) is 5.52. The largest absolute Gasteiger partial charge is 0.376 e. The second-order valence-electron chi connectivity index (χ2n) is 10.3. The van der Waals surface area contributed by atoms with Gasteiger partial charge in [0.2, 0.25) is 0 Å². The average Bonchev–Trinajstić information content (AvgIpc) is 3.70. The molecule has 160 valence electrons. The molecule has 0 amide bonds. The molecule has 0 saturated carbocycles. The highest BCUT2D eigenvalue weighted by Crippen LogP contribution is 2.64. The summed E-state index contributed by atoms with van der Waals surface area (Å²) >= 11 is 0. The lowest BCUT2D eigenvalue weighted by atomic mass is 9.52. The van der Waals surface area contributed by atoms with E-state index in [1.54, 1.807) is 0 Å². The first kappa shape index (κ1) is 19.5. The van der Waals surface area contributed by atoms with Crippen molar-refractivity contribution in [3.63, 3.8) is 0 Å². The van der Waals surface area contributed by atoms with Gasteiger partial charge in [-0.2, -0.15) is 0 Å². The van der Waals surface area contributed by atoms with Crippen molar-refractivity contribution in [1.82, 2.24) is 0 Å². The Kier molecular flexibility index (Phi) is 4.34. The summed E-state index contributed by atoms with van der Waals surface area (Å²) in [6, 6.07) is 19.5. The van der Waals surface area contributed by atoms with Crippen LogP contribution >= 0.6 is 0 Å². The lowest BCUT2D eigenvalue weighted by molar-refractivity contribution is 0.0453. The molecule has 0 N–H and O–H groups in total. The van der Waals surface area contributed by atoms with E-state index in [0.29, 0.717) is 13.2 Å². The van der Waals surface area contributed by atoms with Gasteiger partial charge in [-0.15, -0.1) is 0 Å². The van der Waals surface area contributed by atoms with Crippen LogP contribution in [0.1, 0.15) is 26.3 Å². The van der Waals surface area contributed by atoms with Gasteiger partial charge in [-0.05, 0) is 27.7 Å². The summed E-state index contributed by atoms with van der Waals surface area (Å²) in [5.41, 5.74) is 5.04. The van der Waals surface area contributed by atoms with Gasteiger partial charge in [-0.3, -0.25) is 0 Å². The van der Waals surface area contributed by atoms with Crippen molar-refractivity contribution in [2.24, 2.45) is 16.7 Å². The van der Waals surface area contributed by atoms with Gasteiger partial charge >= 0.3 is 0 Å². The molecule has 3 saturated heterocycles. The van der Waals surface area contributed by atoms with Gasteiger partial charge in [0, 0.05) is 11.3 Å². The fourth-order valence-electron chi connectivity index (χ4n) is 6.08. The van der Waals surface area contributed by atoms with Crippen molar-refractivity contribution in [3.8, 4) is 11.1 Å². The van der Waals surface area contributed by atoms with Crippen molar-refractivity contribution in [1.29, 1.82) is 0 Å². The highest BCUT2D eigenvalue weighted by atomic mass is 16.6. The maximum atomic E-state index is 6.30. The molecule has 2 aromatic carbocycles. The molecule has 6 atom stereocenters. The average molecular weight is 415 g/mol. The topological polar surface area (TPSA) is 34.3 Å². The first-order valence-corrected chi connectivity index (χ1v) is 11.4. The van der Waals surface area contributed by atoms with Crippen molar-refractivity contribution in [3.05, 3.63) is 78.4 Å². The summed E-state index contributed by atoms with van der Waals surface area (Å²) in [5.74, 6) is 0.226. The van der Waals surface area contributed by atoms with E-state index >= 15 is 0 Å². The number of fused-ring (bicyclic) bond motifs is 5. The number of rotatable bonds is 2. The molecule has 3 heterocycles. The van der Waals surface area contributed by atoms with Gasteiger partial charge in [0.15, 0.2) is 0 Å². The smallest absolute Gasteiger partial charge is 0.108 e. The van der Waals surface area contributed by atoms with Crippen molar-refractivity contribution >= 4 is 5.57 Å². The molecule has 0 aromatic heterocycles. The molecular formula is C28H30O3. The highest BCUT2D eigenvalue weighted by molar-refractivity contribution is 5.84. The Bertz CT molecular complexity index is 1050. The summed E-state index contributed by atoms with van der Waals surface area (Å²) in [6.45, 7) is 8.38. The number of hydrogen-bond donors (Lipinski definition) is 0. The van der Waals surface area contributed by atoms with E-state index in [2.05, 4.69) is 93.6 Å². The fourth-order valence-corrected chi connectivity index (χ4v) is 6.08. The number of hydrogen-bond acceptors (Lipinski definition) is 3. The van der Waals surface area contributed by atoms with E-state index in [0.717, 1.165) is 0 Å². The van der Waals surface area contributed by atoms with E-state index in [9.17, 15) is 0 Å². The van der Waals surface area contributed by atoms with Gasteiger partial charge in [-0.1, -0.05) is 93.6 Å². The zero-order chi connectivity index (χ0) is 21.2. The molecule has 2 aromatic rings. The Morgan fingerprint density at radius 2 is 1.55 bits per heavy atom. The third-order valence-corrected chi connectivity index (χ3v) is 7.69. The Morgan fingerprint density at radius 3 is 2.32 bits per heavy atom. The van der Waals surface area contributed by atoms with Gasteiger partial charge in [0.25, 0.3) is 0 Å². The first-order valence-electron chi connectivity index (χ1n) is 11.4. The van der Waals surface area contributed by atoms with Crippen LogP contribution in [0.4, 0.5) is 0 Å². The monoisotopic (exact) mass is 414 g/mol. The molecule has 0 radical (unpaired) electrons. The molecule has 3 aliphatic heterocycles. The van der Waals surface area contributed by atoms with Crippen LogP contribution in [-0.4, -0.2) is 37.6 Å². The van der Waals surface area contributed by atoms with E-state index in [-0.39, 0.29) is 41.2 Å². The lowest BCUT2D eigenvalue weighted by Gasteiger charge is -2.50. The number of allylic oxidation sites excluding steroid dienone is 2. The van der Waals surface area contributed by atoms with Gasteiger partial charge in [0.05, 0.1) is 25.4 Å². The van der Waals surface area contributed by atoms with Crippen LogP contribution in [-0.2, 0) is 14.2 Å². The lowest BCUT2D eigenvalue weighted by Crippen LogP contribution is -2.50. The number of epoxide rings is 2. The van der Waals surface area contributed by atoms with Crippen LogP contribution in [0.5, 0.6) is 0 Å². The van der Waals surface area contributed by atoms with Crippen LogP contribution in [0, 0.1) is 16.7 Å². The second kappa shape index (κ2) is 6.90. The molecule has 6 unspecified atom stereocenters. The SMILES string of the molecule is CC(C)(C)C12C=CC=C(c3ccccc3-c3ccccc3)C1C1OC1COCC1OC12. The summed E-state index contributed by atoms with van der Waals surface area (Å²) in [7, 11) is 0.